The molecule has 5 rings (SSSR count). The molecule has 1 fully saturated rings. The lowest BCUT2D eigenvalue weighted by Gasteiger charge is -2.35. The molecule has 3 aromatic rings. The maximum absolute atomic E-state index is 12.8. The van der Waals surface area contributed by atoms with Gasteiger partial charge < -0.3 is 15.5 Å². The maximum Gasteiger partial charge on any atom is 0.270 e. The Labute approximate surface area is 195 Å². The van der Waals surface area contributed by atoms with E-state index in [2.05, 4.69) is 69.0 Å². The average Bonchev–Trinajstić information content (AvgIpc) is 2.89. The molecular formula is C27H31N5O. The second kappa shape index (κ2) is 10.1. The second-order valence-electron chi connectivity index (χ2n) is 8.80. The summed E-state index contributed by atoms with van der Waals surface area (Å²) in [7, 11) is 0. The number of nitrogens with zero attached hydrogens (tertiary/aromatic N) is 3. The molecule has 0 spiro atoms. The summed E-state index contributed by atoms with van der Waals surface area (Å²) in [5, 5.41) is 6.65. The first-order chi connectivity index (χ1) is 16.3. The Hall–Kier alpha value is -3.22. The standard InChI is InChI=1S/C27H31N5O/c33-27(29-14-17-31-16-13-21-7-4-5-10-23(21)19-31)24-11-6-12-26(30-24)32-18-15-28-25(20-32)22-8-2-1-3-9-22/h1-12,25,28H,13-20H2,(H,29,33)/t25-/m1/s1. The van der Waals surface area contributed by atoms with E-state index in [0.717, 1.165) is 51.5 Å². The van der Waals surface area contributed by atoms with Gasteiger partial charge in [-0.3, -0.25) is 9.69 Å². The zero-order valence-corrected chi connectivity index (χ0v) is 18.9. The van der Waals surface area contributed by atoms with Gasteiger partial charge in [0, 0.05) is 51.9 Å². The van der Waals surface area contributed by atoms with Crippen molar-refractivity contribution < 1.29 is 4.79 Å². The molecular weight excluding hydrogens is 410 g/mol. The van der Waals surface area contributed by atoms with Gasteiger partial charge in [-0.05, 0) is 35.2 Å². The van der Waals surface area contributed by atoms with Crippen molar-refractivity contribution in [2.75, 3.05) is 44.2 Å². The fourth-order valence-electron chi connectivity index (χ4n) is 4.76. The summed E-state index contributed by atoms with van der Waals surface area (Å²) in [4.78, 5) is 22.1. The number of nitrogens with one attached hydrogen (secondary N) is 2. The summed E-state index contributed by atoms with van der Waals surface area (Å²) in [6, 6.07) is 25.1. The fraction of sp³-hybridized carbons (Fsp3) is 0.333. The topological polar surface area (TPSA) is 60.5 Å². The number of benzene rings is 2. The van der Waals surface area contributed by atoms with Crippen molar-refractivity contribution in [2.24, 2.45) is 0 Å². The highest BCUT2D eigenvalue weighted by Gasteiger charge is 2.22. The Bertz CT molecular complexity index is 1090. The predicted octanol–water partition coefficient (Wildman–Crippen LogP) is 3.02. The summed E-state index contributed by atoms with van der Waals surface area (Å²) in [6.45, 7) is 6.04. The fourth-order valence-corrected chi connectivity index (χ4v) is 4.76. The molecule has 0 unspecified atom stereocenters. The van der Waals surface area contributed by atoms with Crippen LogP contribution in [0.15, 0.2) is 72.8 Å². The summed E-state index contributed by atoms with van der Waals surface area (Å²) >= 11 is 0. The van der Waals surface area contributed by atoms with Crippen molar-refractivity contribution in [2.45, 2.75) is 19.0 Å². The zero-order chi connectivity index (χ0) is 22.5. The van der Waals surface area contributed by atoms with Gasteiger partial charge in [0.05, 0.1) is 0 Å². The molecule has 1 atom stereocenters. The molecule has 2 aromatic carbocycles. The van der Waals surface area contributed by atoms with Crippen molar-refractivity contribution in [3.8, 4) is 0 Å². The Morgan fingerprint density at radius 3 is 2.67 bits per heavy atom. The van der Waals surface area contributed by atoms with Gasteiger partial charge in [0.2, 0.25) is 0 Å². The SMILES string of the molecule is O=C(NCCN1CCc2ccccc2C1)c1cccc(N2CCN[C@@H](c3ccccc3)C2)n1. The molecule has 170 valence electrons. The number of anilines is 1. The number of rotatable bonds is 6. The number of carbonyl (C=O) groups excluding carboxylic acids is 1. The minimum atomic E-state index is -0.107. The number of hydrogen-bond acceptors (Lipinski definition) is 5. The highest BCUT2D eigenvalue weighted by atomic mass is 16.1. The largest absolute Gasteiger partial charge is 0.353 e. The van der Waals surface area contributed by atoms with Gasteiger partial charge in [-0.25, -0.2) is 4.98 Å². The molecule has 1 amide bonds. The van der Waals surface area contributed by atoms with Gasteiger partial charge in [0.1, 0.15) is 11.5 Å². The summed E-state index contributed by atoms with van der Waals surface area (Å²) in [5.41, 5.74) is 4.60. The number of fused-ring (bicyclic) bond motifs is 1. The van der Waals surface area contributed by atoms with Crippen LogP contribution in [-0.2, 0) is 13.0 Å². The molecule has 33 heavy (non-hydrogen) atoms. The molecule has 2 aliphatic rings. The lowest BCUT2D eigenvalue weighted by molar-refractivity contribution is 0.0942. The first-order valence-corrected chi connectivity index (χ1v) is 11.8. The Morgan fingerprint density at radius 2 is 1.79 bits per heavy atom. The number of carbonyl (C=O) groups is 1. The van der Waals surface area contributed by atoms with Gasteiger partial charge in [0.15, 0.2) is 0 Å². The monoisotopic (exact) mass is 441 g/mol. The van der Waals surface area contributed by atoms with Crippen molar-refractivity contribution in [3.63, 3.8) is 0 Å². The maximum atomic E-state index is 12.8. The molecule has 1 saturated heterocycles. The Kier molecular flexibility index (Phi) is 6.65. The van der Waals surface area contributed by atoms with Crippen molar-refractivity contribution >= 4 is 11.7 Å². The summed E-state index contributed by atoms with van der Waals surface area (Å²) in [5.74, 6) is 0.752. The van der Waals surface area contributed by atoms with Crippen LogP contribution in [0.2, 0.25) is 0 Å². The van der Waals surface area contributed by atoms with Crippen LogP contribution >= 0.6 is 0 Å². The van der Waals surface area contributed by atoms with Crippen molar-refractivity contribution in [3.05, 3.63) is 95.2 Å². The van der Waals surface area contributed by atoms with Crippen LogP contribution in [0.25, 0.3) is 0 Å². The van der Waals surface area contributed by atoms with Gasteiger partial charge in [0.25, 0.3) is 5.91 Å². The minimum absolute atomic E-state index is 0.107. The number of hydrogen-bond donors (Lipinski definition) is 2. The van der Waals surface area contributed by atoms with Crippen LogP contribution < -0.4 is 15.5 Å². The lowest BCUT2D eigenvalue weighted by Crippen LogP contribution is -2.46. The van der Waals surface area contributed by atoms with E-state index in [9.17, 15) is 4.79 Å². The highest BCUT2D eigenvalue weighted by molar-refractivity contribution is 5.92. The number of piperazine rings is 1. The number of pyridine rings is 1. The molecule has 6 nitrogen and oxygen atoms in total. The van der Waals surface area contributed by atoms with Crippen LogP contribution in [0.5, 0.6) is 0 Å². The first-order valence-electron chi connectivity index (χ1n) is 11.8. The average molecular weight is 442 g/mol. The molecule has 0 aliphatic carbocycles. The summed E-state index contributed by atoms with van der Waals surface area (Å²) < 4.78 is 0. The third-order valence-corrected chi connectivity index (χ3v) is 6.59. The molecule has 0 saturated carbocycles. The van der Waals surface area contributed by atoms with Crippen LogP contribution in [0.3, 0.4) is 0 Å². The Morgan fingerprint density at radius 1 is 0.970 bits per heavy atom. The first kappa shape index (κ1) is 21.6. The third kappa shape index (κ3) is 5.24. The third-order valence-electron chi connectivity index (χ3n) is 6.59. The van der Waals surface area contributed by atoms with Crippen LogP contribution in [0, 0.1) is 0 Å². The van der Waals surface area contributed by atoms with Gasteiger partial charge in [-0.1, -0.05) is 60.7 Å². The number of aromatic nitrogens is 1. The molecule has 2 N–H and O–H groups in total. The number of amides is 1. The van der Waals surface area contributed by atoms with E-state index in [4.69, 9.17) is 4.98 Å². The molecule has 1 aromatic heterocycles. The van der Waals surface area contributed by atoms with Crippen molar-refractivity contribution in [1.29, 1.82) is 0 Å². The normalized spacial score (nSPS) is 18.5. The smallest absolute Gasteiger partial charge is 0.270 e. The molecule has 2 aliphatic heterocycles. The molecule has 3 heterocycles. The van der Waals surface area contributed by atoms with E-state index in [1.54, 1.807) is 6.07 Å². The van der Waals surface area contributed by atoms with Gasteiger partial charge in [-0.15, -0.1) is 0 Å². The zero-order valence-electron chi connectivity index (χ0n) is 18.9. The van der Waals surface area contributed by atoms with E-state index in [-0.39, 0.29) is 11.9 Å². The van der Waals surface area contributed by atoms with E-state index >= 15 is 0 Å². The quantitative estimate of drug-likeness (QED) is 0.616. The van der Waals surface area contributed by atoms with Gasteiger partial charge in [-0.2, -0.15) is 0 Å². The highest BCUT2D eigenvalue weighted by Crippen LogP contribution is 2.21. The summed E-state index contributed by atoms with van der Waals surface area (Å²) in [6.07, 6.45) is 1.07. The molecule has 6 heteroatoms. The predicted molar refractivity (Wildman–Crippen MR) is 131 cm³/mol. The Balaban J connectivity index is 1.16. The van der Waals surface area contributed by atoms with E-state index in [1.807, 2.05) is 18.2 Å². The van der Waals surface area contributed by atoms with Crippen molar-refractivity contribution in [1.82, 2.24) is 20.5 Å². The van der Waals surface area contributed by atoms with E-state index < -0.39 is 0 Å². The molecule has 0 bridgehead atoms. The second-order valence-corrected chi connectivity index (χ2v) is 8.80. The van der Waals surface area contributed by atoms with Crippen LogP contribution in [-0.4, -0.2) is 55.1 Å². The van der Waals surface area contributed by atoms with E-state index in [1.165, 1.54) is 16.7 Å². The van der Waals surface area contributed by atoms with Gasteiger partial charge >= 0.3 is 0 Å². The van der Waals surface area contributed by atoms with E-state index in [0.29, 0.717) is 12.2 Å². The lowest BCUT2D eigenvalue weighted by atomic mass is 10.00. The van der Waals surface area contributed by atoms with Crippen LogP contribution in [0.4, 0.5) is 5.82 Å². The van der Waals surface area contributed by atoms with Crippen LogP contribution in [0.1, 0.15) is 33.2 Å². The minimum Gasteiger partial charge on any atom is -0.353 e. The molecule has 0 radical (unpaired) electrons.